The van der Waals surface area contributed by atoms with E-state index in [4.69, 9.17) is 9.47 Å². The Hall–Kier alpha value is -1.84. The van der Waals surface area contributed by atoms with Crippen LogP contribution in [0.4, 0.5) is 0 Å². The highest BCUT2D eigenvalue weighted by Crippen LogP contribution is 2.69. The van der Waals surface area contributed by atoms with Crippen LogP contribution in [0.2, 0.25) is 0 Å². The van der Waals surface area contributed by atoms with Gasteiger partial charge in [0.2, 0.25) is 0 Å². The molecule has 6 nitrogen and oxygen atoms in total. The Bertz CT molecular complexity index is 970. The molecule has 0 radical (unpaired) electrons. The Labute approximate surface area is 216 Å². The van der Waals surface area contributed by atoms with Gasteiger partial charge in [-0.25, -0.2) is 4.79 Å². The van der Waals surface area contributed by atoms with Crippen LogP contribution >= 0.6 is 0 Å². The van der Waals surface area contributed by atoms with Crippen molar-refractivity contribution in [3.05, 3.63) is 11.6 Å². The summed E-state index contributed by atoms with van der Waals surface area (Å²) in [5.74, 6) is 6.29. The van der Waals surface area contributed by atoms with Crippen molar-refractivity contribution in [2.75, 3.05) is 6.61 Å². The third-order valence-electron chi connectivity index (χ3n) is 9.72. The maximum Gasteiger partial charge on any atom is 0.331 e. The second-order valence-electron chi connectivity index (χ2n) is 13.0. The summed E-state index contributed by atoms with van der Waals surface area (Å²) in [6.45, 7) is 11.0. The molecule has 0 aromatic heterocycles. The molecule has 0 amide bonds. The molecule has 2 saturated carbocycles. The number of carbonyl (C=O) groups excluding carboxylic acids is 2. The van der Waals surface area contributed by atoms with E-state index in [-0.39, 0.29) is 36.3 Å². The molecule has 2 N–H and O–H groups in total. The van der Waals surface area contributed by atoms with E-state index >= 15 is 0 Å². The molecule has 36 heavy (non-hydrogen) atoms. The second kappa shape index (κ2) is 9.80. The zero-order valence-electron chi connectivity index (χ0n) is 22.7. The van der Waals surface area contributed by atoms with Gasteiger partial charge in [0.05, 0.1) is 23.5 Å². The number of carbonyl (C=O) groups is 2. The number of aliphatic hydroxyl groups is 2. The number of fused-ring (bicyclic) bond motifs is 4. The molecule has 200 valence electrons. The van der Waals surface area contributed by atoms with Crippen LogP contribution in [0.5, 0.6) is 0 Å². The minimum Gasteiger partial charge on any atom is -0.462 e. The number of hydrogen-bond donors (Lipinski definition) is 2. The standard InChI is InChI=1S/C30H44O6/c1-20(2)9-8-14-29-23(31)12-15-27(3,4)26(29)22-18-28(5,13-7-6-10-24(32)36-22)30(29,34)16-11-21-17-25(33)35-19-21/h17,20,22-23,26,31,34H,6,8-12,14-16,18-19H2,1-5H3/t22-,23+,26+,28+,29+,30-/m1/s1. The lowest BCUT2D eigenvalue weighted by Gasteiger charge is -2.69. The van der Waals surface area contributed by atoms with Gasteiger partial charge in [-0.1, -0.05) is 46.5 Å². The van der Waals surface area contributed by atoms with Crippen molar-refractivity contribution in [2.24, 2.45) is 28.1 Å². The summed E-state index contributed by atoms with van der Waals surface area (Å²) < 4.78 is 11.3. The van der Waals surface area contributed by atoms with Gasteiger partial charge in [-0.2, -0.15) is 0 Å². The van der Waals surface area contributed by atoms with Crippen molar-refractivity contribution < 1.29 is 29.3 Å². The highest BCUT2D eigenvalue weighted by molar-refractivity contribution is 5.85. The van der Waals surface area contributed by atoms with Gasteiger partial charge in [-0.3, -0.25) is 4.79 Å². The minimum atomic E-state index is -1.34. The number of aliphatic hydroxyl groups excluding tert-OH is 1. The zero-order chi connectivity index (χ0) is 26.4. The van der Waals surface area contributed by atoms with E-state index < -0.39 is 28.6 Å². The normalized spacial score (nSPS) is 39.6. The first-order valence-corrected chi connectivity index (χ1v) is 13.8. The third kappa shape index (κ3) is 4.52. The number of esters is 2. The van der Waals surface area contributed by atoms with Gasteiger partial charge in [0.25, 0.3) is 0 Å². The lowest BCUT2D eigenvalue weighted by molar-refractivity contribution is -0.305. The molecule has 4 aliphatic rings. The number of ether oxygens (including phenoxy) is 2. The molecule has 0 saturated heterocycles. The van der Waals surface area contributed by atoms with E-state index in [0.29, 0.717) is 44.4 Å². The van der Waals surface area contributed by atoms with Gasteiger partial charge >= 0.3 is 11.9 Å². The fraction of sp³-hybridized carbons (Fsp3) is 0.800. The largest absolute Gasteiger partial charge is 0.462 e. The van der Waals surface area contributed by atoms with Crippen molar-refractivity contribution in [1.82, 2.24) is 0 Å². The Morgan fingerprint density at radius 1 is 1.19 bits per heavy atom. The van der Waals surface area contributed by atoms with E-state index in [1.807, 2.05) is 6.92 Å². The van der Waals surface area contributed by atoms with Crippen LogP contribution in [-0.2, 0) is 19.1 Å². The predicted octanol–water partition coefficient (Wildman–Crippen LogP) is 4.71. The molecule has 6 atom stereocenters. The highest BCUT2D eigenvalue weighted by atomic mass is 16.5. The Morgan fingerprint density at radius 3 is 2.61 bits per heavy atom. The van der Waals surface area contributed by atoms with Crippen molar-refractivity contribution in [3.63, 3.8) is 0 Å². The summed E-state index contributed by atoms with van der Waals surface area (Å²) in [6.07, 6.45) is 6.15. The van der Waals surface area contributed by atoms with Crippen molar-refractivity contribution in [1.29, 1.82) is 0 Å². The first-order valence-electron chi connectivity index (χ1n) is 13.8. The van der Waals surface area contributed by atoms with Gasteiger partial charge in [0.1, 0.15) is 12.7 Å². The average Bonchev–Trinajstić information content (AvgIpc) is 3.22. The van der Waals surface area contributed by atoms with E-state index in [0.717, 1.165) is 24.8 Å². The van der Waals surface area contributed by atoms with Gasteiger partial charge in [0, 0.05) is 30.3 Å². The molecule has 2 heterocycles. The van der Waals surface area contributed by atoms with E-state index in [1.54, 1.807) is 0 Å². The number of hydrogen-bond acceptors (Lipinski definition) is 6. The fourth-order valence-electron chi connectivity index (χ4n) is 8.05. The summed E-state index contributed by atoms with van der Waals surface area (Å²) in [6, 6.07) is 0. The molecule has 6 heteroatoms. The topological polar surface area (TPSA) is 93.1 Å². The summed E-state index contributed by atoms with van der Waals surface area (Å²) >= 11 is 0. The lowest BCUT2D eigenvalue weighted by Crippen LogP contribution is -2.75. The maximum absolute atomic E-state index is 13.1. The molecule has 0 aromatic rings. The van der Waals surface area contributed by atoms with Crippen molar-refractivity contribution >= 4 is 11.9 Å². The average molecular weight is 501 g/mol. The van der Waals surface area contributed by atoms with Crippen LogP contribution in [0.3, 0.4) is 0 Å². The molecule has 0 spiro atoms. The van der Waals surface area contributed by atoms with Crippen LogP contribution in [0.1, 0.15) is 98.8 Å². The van der Waals surface area contributed by atoms with Crippen LogP contribution < -0.4 is 0 Å². The Kier molecular flexibility index (Phi) is 7.40. The zero-order valence-corrected chi connectivity index (χ0v) is 22.7. The molecule has 0 unspecified atom stereocenters. The first-order chi connectivity index (χ1) is 16.8. The van der Waals surface area contributed by atoms with Crippen LogP contribution in [0.15, 0.2) is 11.6 Å². The van der Waals surface area contributed by atoms with Gasteiger partial charge in [-0.05, 0) is 55.9 Å². The highest BCUT2D eigenvalue weighted by Gasteiger charge is 2.73. The SMILES string of the molecule is CC(C)CCC[C@]12[C@@H](O)CCC(C)(C)[C@@H]1[C@H]1C[C@](C)(C#CCCC(=O)O1)[C@]2(O)CCC1=CC(=O)OC1. The number of rotatable bonds is 7. The van der Waals surface area contributed by atoms with Crippen molar-refractivity contribution in [3.8, 4) is 11.8 Å². The van der Waals surface area contributed by atoms with E-state index in [1.165, 1.54) is 6.08 Å². The fourth-order valence-corrected chi connectivity index (χ4v) is 8.05. The molecular weight excluding hydrogens is 456 g/mol. The Morgan fingerprint density at radius 2 is 1.94 bits per heavy atom. The van der Waals surface area contributed by atoms with Crippen LogP contribution in [-0.4, -0.2) is 46.6 Å². The van der Waals surface area contributed by atoms with Gasteiger partial charge in [-0.15, -0.1) is 5.92 Å². The van der Waals surface area contributed by atoms with Crippen molar-refractivity contribution in [2.45, 2.75) is 117 Å². The van der Waals surface area contributed by atoms with E-state index in [9.17, 15) is 19.8 Å². The molecule has 2 aliphatic heterocycles. The quantitative estimate of drug-likeness (QED) is 0.389. The smallest absolute Gasteiger partial charge is 0.331 e. The molecule has 0 aromatic carbocycles. The molecule has 4 rings (SSSR count). The third-order valence-corrected chi connectivity index (χ3v) is 9.72. The molecule has 2 bridgehead atoms. The molecule has 2 aliphatic carbocycles. The van der Waals surface area contributed by atoms with Crippen LogP contribution in [0, 0.1) is 39.9 Å². The predicted molar refractivity (Wildman–Crippen MR) is 136 cm³/mol. The number of cyclic esters (lactones) is 1. The summed E-state index contributed by atoms with van der Waals surface area (Å²) in [5.41, 5.74) is -2.50. The van der Waals surface area contributed by atoms with Crippen LogP contribution in [0.25, 0.3) is 0 Å². The molecular formula is C30H44O6. The second-order valence-corrected chi connectivity index (χ2v) is 13.0. The first kappa shape index (κ1) is 27.2. The summed E-state index contributed by atoms with van der Waals surface area (Å²) in [7, 11) is 0. The summed E-state index contributed by atoms with van der Waals surface area (Å²) in [4.78, 5) is 24.5. The lowest BCUT2D eigenvalue weighted by atomic mass is 9.37. The van der Waals surface area contributed by atoms with Gasteiger partial charge in [0.15, 0.2) is 0 Å². The monoisotopic (exact) mass is 500 g/mol. The summed E-state index contributed by atoms with van der Waals surface area (Å²) in [5, 5.41) is 25.0. The van der Waals surface area contributed by atoms with Gasteiger partial charge < -0.3 is 19.7 Å². The Balaban J connectivity index is 1.89. The van der Waals surface area contributed by atoms with E-state index in [2.05, 4.69) is 39.5 Å². The minimum absolute atomic E-state index is 0.210. The molecule has 2 fully saturated rings. The maximum atomic E-state index is 13.1.